The second kappa shape index (κ2) is 10.9. The third-order valence-electron chi connectivity index (χ3n) is 5.92. The Bertz CT molecular complexity index is 1390. The van der Waals surface area contributed by atoms with E-state index in [4.69, 9.17) is 23.7 Å². The van der Waals surface area contributed by atoms with Gasteiger partial charge < -0.3 is 29.0 Å². The van der Waals surface area contributed by atoms with Crippen molar-refractivity contribution in [2.45, 2.75) is 6.04 Å². The Morgan fingerprint density at radius 3 is 2.14 bits per heavy atom. The van der Waals surface area contributed by atoms with E-state index in [2.05, 4.69) is 10.3 Å². The van der Waals surface area contributed by atoms with Gasteiger partial charge in [-0.05, 0) is 59.5 Å². The topological polar surface area (TPSA) is 88.1 Å². The van der Waals surface area contributed by atoms with Gasteiger partial charge in [-0.3, -0.25) is 9.78 Å². The molecule has 8 heteroatoms. The zero-order chi connectivity index (χ0) is 25.7. The minimum absolute atomic E-state index is 0.284. The molecule has 1 aromatic heterocycles. The van der Waals surface area contributed by atoms with Crippen LogP contribution in [0.1, 0.15) is 27.7 Å². The number of carbonyl (C=O) groups is 1. The Labute approximate surface area is 209 Å². The minimum atomic E-state index is -0.620. The smallest absolute Gasteiger partial charge is 0.252 e. The molecule has 8 nitrogen and oxygen atoms in total. The van der Waals surface area contributed by atoms with E-state index in [9.17, 15) is 4.79 Å². The molecule has 0 aliphatic carbocycles. The molecule has 0 spiro atoms. The monoisotopic (exact) mass is 488 g/mol. The van der Waals surface area contributed by atoms with Gasteiger partial charge in [-0.25, -0.2) is 0 Å². The van der Waals surface area contributed by atoms with Crippen LogP contribution in [0.2, 0.25) is 0 Å². The number of amides is 1. The first kappa shape index (κ1) is 24.7. The van der Waals surface area contributed by atoms with Crippen molar-refractivity contribution in [2.24, 2.45) is 0 Å². The molecule has 0 fully saturated rings. The first-order valence-electron chi connectivity index (χ1n) is 11.2. The summed E-state index contributed by atoms with van der Waals surface area (Å²) in [6.45, 7) is 0. The van der Waals surface area contributed by atoms with Gasteiger partial charge >= 0.3 is 0 Å². The largest absolute Gasteiger partial charge is 0.497 e. The van der Waals surface area contributed by atoms with Crippen LogP contribution in [0.4, 0.5) is 0 Å². The Balaban J connectivity index is 1.88. The number of rotatable bonds is 9. The second-order valence-electron chi connectivity index (χ2n) is 7.88. The van der Waals surface area contributed by atoms with Gasteiger partial charge in [0.2, 0.25) is 0 Å². The molecule has 0 saturated carbocycles. The first-order chi connectivity index (χ1) is 17.5. The lowest BCUT2D eigenvalue weighted by atomic mass is 9.97. The Hall–Kier alpha value is -4.46. The number of ether oxygens (including phenoxy) is 5. The average Bonchev–Trinajstić information content (AvgIpc) is 2.94. The molecule has 0 radical (unpaired) electrons. The maximum absolute atomic E-state index is 13.4. The Morgan fingerprint density at radius 2 is 1.44 bits per heavy atom. The van der Waals surface area contributed by atoms with Crippen molar-refractivity contribution < 1.29 is 28.5 Å². The van der Waals surface area contributed by atoms with Crippen LogP contribution in [-0.2, 0) is 0 Å². The van der Waals surface area contributed by atoms with Crippen LogP contribution in [0.15, 0.2) is 66.9 Å². The molecule has 3 aromatic carbocycles. The predicted molar refractivity (Wildman–Crippen MR) is 137 cm³/mol. The third kappa shape index (κ3) is 4.84. The molecule has 1 atom stereocenters. The van der Waals surface area contributed by atoms with Gasteiger partial charge in [-0.1, -0.05) is 12.1 Å². The molecule has 1 heterocycles. The van der Waals surface area contributed by atoms with Crippen LogP contribution in [0, 0.1) is 0 Å². The van der Waals surface area contributed by atoms with E-state index >= 15 is 0 Å². The summed E-state index contributed by atoms with van der Waals surface area (Å²) in [6.07, 6.45) is 1.70. The van der Waals surface area contributed by atoms with Crippen molar-refractivity contribution in [3.63, 3.8) is 0 Å². The number of nitrogens with one attached hydrogen (secondary N) is 1. The van der Waals surface area contributed by atoms with Crippen LogP contribution in [0.5, 0.6) is 28.7 Å². The summed E-state index contributed by atoms with van der Waals surface area (Å²) >= 11 is 0. The van der Waals surface area contributed by atoms with Gasteiger partial charge in [-0.15, -0.1) is 0 Å². The highest BCUT2D eigenvalue weighted by Gasteiger charge is 2.24. The van der Waals surface area contributed by atoms with E-state index in [0.29, 0.717) is 40.0 Å². The summed E-state index contributed by atoms with van der Waals surface area (Å²) < 4.78 is 27.2. The van der Waals surface area contributed by atoms with Crippen molar-refractivity contribution in [1.82, 2.24) is 10.3 Å². The van der Waals surface area contributed by atoms with Crippen molar-refractivity contribution in [1.29, 1.82) is 0 Å². The van der Waals surface area contributed by atoms with Gasteiger partial charge in [0.25, 0.3) is 5.91 Å². The molecule has 4 aromatic rings. The summed E-state index contributed by atoms with van der Waals surface area (Å²) in [5.74, 6) is 2.58. The highest BCUT2D eigenvalue weighted by atomic mass is 16.5. The number of hydrogen-bond acceptors (Lipinski definition) is 7. The number of fused-ring (bicyclic) bond motifs is 1. The summed E-state index contributed by atoms with van der Waals surface area (Å²) in [7, 11) is 7.87. The third-order valence-corrected chi connectivity index (χ3v) is 5.92. The Morgan fingerprint density at radius 1 is 0.750 bits per heavy atom. The molecule has 0 bridgehead atoms. The lowest BCUT2D eigenvalue weighted by Gasteiger charge is -2.22. The molecule has 0 saturated heterocycles. The van der Waals surface area contributed by atoms with Crippen molar-refractivity contribution in [3.8, 4) is 28.7 Å². The average molecular weight is 489 g/mol. The maximum Gasteiger partial charge on any atom is 0.252 e. The fraction of sp³-hybridized carbons (Fsp3) is 0.214. The molecular formula is C28H28N2O6. The van der Waals surface area contributed by atoms with E-state index in [1.807, 2.05) is 30.3 Å². The van der Waals surface area contributed by atoms with E-state index in [1.54, 1.807) is 72.1 Å². The van der Waals surface area contributed by atoms with Crippen molar-refractivity contribution >= 4 is 16.7 Å². The molecule has 1 amide bonds. The minimum Gasteiger partial charge on any atom is -0.497 e. The van der Waals surface area contributed by atoms with Crippen molar-refractivity contribution in [3.05, 3.63) is 83.7 Å². The number of aromatic nitrogens is 1. The van der Waals surface area contributed by atoms with Gasteiger partial charge in [-0.2, -0.15) is 0 Å². The van der Waals surface area contributed by atoms with Crippen LogP contribution in [0.25, 0.3) is 10.8 Å². The van der Waals surface area contributed by atoms with Gasteiger partial charge in [0, 0.05) is 17.1 Å². The zero-order valence-electron chi connectivity index (χ0n) is 20.8. The van der Waals surface area contributed by atoms with E-state index in [-0.39, 0.29) is 5.91 Å². The SMILES string of the molecule is COc1cccc(C(=O)N[C@H](c2ccc(OC)c(OC)c2)c2nccc3cc(OC)c(OC)cc23)c1. The zero-order valence-corrected chi connectivity index (χ0v) is 20.8. The fourth-order valence-electron chi connectivity index (χ4n) is 4.07. The van der Waals surface area contributed by atoms with Crippen LogP contribution < -0.4 is 29.0 Å². The van der Waals surface area contributed by atoms with E-state index in [0.717, 1.165) is 16.3 Å². The molecule has 4 rings (SSSR count). The number of benzene rings is 3. The standard InChI is InChI=1S/C28H28N2O6/c1-32-20-8-6-7-19(13-20)28(31)30-26(18-9-10-22(33-2)23(15-18)34-3)27-21-16-25(36-5)24(35-4)14-17(21)11-12-29-27/h6-16,26H,1-5H3,(H,30,31)/t26-/m1/s1. The van der Waals surface area contributed by atoms with E-state index in [1.165, 1.54) is 0 Å². The van der Waals surface area contributed by atoms with Crippen molar-refractivity contribution in [2.75, 3.05) is 35.5 Å². The highest BCUT2D eigenvalue weighted by molar-refractivity contribution is 5.96. The lowest BCUT2D eigenvalue weighted by Crippen LogP contribution is -2.30. The number of carbonyl (C=O) groups excluding carboxylic acids is 1. The molecule has 36 heavy (non-hydrogen) atoms. The highest BCUT2D eigenvalue weighted by Crippen LogP contribution is 2.38. The first-order valence-corrected chi connectivity index (χ1v) is 11.2. The quantitative estimate of drug-likeness (QED) is 0.362. The molecular weight excluding hydrogens is 460 g/mol. The molecule has 0 aliphatic heterocycles. The molecule has 0 unspecified atom stereocenters. The second-order valence-corrected chi connectivity index (χ2v) is 7.88. The summed E-state index contributed by atoms with van der Waals surface area (Å²) in [6, 6.07) is 17.5. The van der Waals surface area contributed by atoms with Gasteiger partial charge in [0.1, 0.15) is 5.75 Å². The van der Waals surface area contributed by atoms with Gasteiger partial charge in [0.05, 0.1) is 47.3 Å². The number of pyridine rings is 1. The van der Waals surface area contributed by atoms with Crippen LogP contribution >= 0.6 is 0 Å². The van der Waals surface area contributed by atoms with Crippen LogP contribution in [-0.4, -0.2) is 46.4 Å². The van der Waals surface area contributed by atoms with Crippen LogP contribution in [0.3, 0.4) is 0 Å². The summed E-state index contributed by atoms with van der Waals surface area (Å²) in [4.78, 5) is 18.1. The molecule has 0 aliphatic rings. The molecule has 186 valence electrons. The molecule has 1 N–H and O–H groups in total. The maximum atomic E-state index is 13.4. The lowest BCUT2D eigenvalue weighted by molar-refractivity contribution is 0.0942. The van der Waals surface area contributed by atoms with E-state index < -0.39 is 6.04 Å². The number of methoxy groups -OCH3 is 5. The fourth-order valence-corrected chi connectivity index (χ4v) is 4.07. The predicted octanol–water partition coefficient (Wildman–Crippen LogP) is 4.80. The summed E-state index contributed by atoms with van der Waals surface area (Å²) in [5.41, 5.74) is 1.86. The Kier molecular flexibility index (Phi) is 7.44. The van der Waals surface area contributed by atoms with Gasteiger partial charge in [0.15, 0.2) is 23.0 Å². The summed E-state index contributed by atoms with van der Waals surface area (Å²) in [5, 5.41) is 4.83. The number of nitrogens with zero attached hydrogens (tertiary/aromatic N) is 1. The normalized spacial score (nSPS) is 11.5. The number of hydrogen-bond donors (Lipinski definition) is 1.